The van der Waals surface area contributed by atoms with Gasteiger partial charge in [0.1, 0.15) is 6.04 Å². The topological polar surface area (TPSA) is 49.4 Å². The van der Waals surface area contributed by atoms with E-state index in [0.717, 1.165) is 11.1 Å². The predicted molar refractivity (Wildman–Crippen MR) is 114 cm³/mol. The zero-order chi connectivity index (χ0) is 19.9. The van der Waals surface area contributed by atoms with E-state index >= 15 is 0 Å². The molecule has 0 bridgehead atoms. The molecule has 3 aromatic rings. The standard InChI is InChI=1S/C22H21ClN2O2S/c1-25(15-17-9-5-10-18(23)13-17)22(27)19(14-16-7-3-2-4-8-16)24-21(26)20-11-6-12-28-20/h2-13,19H,14-15H2,1H3,(H,24,26)/t19-/m0/s1. The number of thiophene rings is 1. The molecule has 0 saturated heterocycles. The molecule has 1 heterocycles. The van der Waals surface area contributed by atoms with Crippen LogP contribution >= 0.6 is 22.9 Å². The summed E-state index contributed by atoms with van der Waals surface area (Å²) >= 11 is 7.40. The maximum Gasteiger partial charge on any atom is 0.262 e. The normalized spacial score (nSPS) is 11.6. The zero-order valence-electron chi connectivity index (χ0n) is 15.5. The first-order chi connectivity index (χ1) is 13.5. The highest BCUT2D eigenvalue weighted by Gasteiger charge is 2.25. The second-order valence-electron chi connectivity index (χ2n) is 6.52. The van der Waals surface area contributed by atoms with Crippen LogP contribution in [0.4, 0.5) is 0 Å². The SMILES string of the molecule is CN(Cc1cccc(Cl)c1)C(=O)[C@H](Cc1ccccc1)NC(=O)c1cccs1. The quantitative estimate of drug-likeness (QED) is 0.625. The summed E-state index contributed by atoms with van der Waals surface area (Å²) in [5, 5.41) is 5.37. The Kier molecular flexibility index (Phi) is 6.85. The fraction of sp³-hybridized carbons (Fsp3) is 0.182. The highest BCUT2D eigenvalue weighted by Crippen LogP contribution is 2.14. The molecule has 1 atom stereocenters. The van der Waals surface area contributed by atoms with E-state index in [1.165, 1.54) is 11.3 Å². The molecule has 0 spiro atoms. The first-order valence-electron chi connectivity index (χ1n) is 8.90. The van der Waals surface area contributed by atoms with Crippen LogP contribution in [0.3, 0.4) is 0 Å². The van der Waals surface area contributed by atoms with Gasteiger partial charge in [-0.2, -0.15) is 0 Å². The van der Waals surface area contributed by atoms with Gasteiger partial charge in [-0.1, -0.05) is 60.1 Å². The van der Waals surface area contributed by atoms with Crippen LogP contribution in [0.15, 0.2) is 72.1 Å². The van der Waals surface area contributed by atoms with E-state index in [0.29, 0.717) is 22.9 Å². The Balaban J connectivity index is 1.76. The summed E-state index contributed by atoms with van der Waals surface area (Å²) in [6, 6.07) is 20.0. The molecule has 0 aliphatic heterocycles. The van der Waals surface area contributed by atoms with E-state index < -0.39 is 6.04 Å². The number of amides is 2. The van der Waals surface area contributed by atoms with Crippen molar-refractivity contribution in [2.45, 2.75) is 19.0 Å². The van der Waals surface area contributed by atoms with Crippen molar-refractivity contribution >= 4 is 34.8 Å². The first-order valence-corrected chi connectivity index (χ1v) is 10.2. The lowest BCUT2D eigenvalue weighted by atomic mass is 10.0. The minimum atomic E-state index is -0.652. The van der Waals surface area contributed by atoms with Gasteiger partial charge in [-0.25, -0.2) is 0 Å². The van der Waals surface area contributed by atoms with Gasteiger partial charge in [0.25, 0.3) is 5.91 Å². The monoisotopic (exact) mass is 412 g/mol. The molecule has 28 heavy (non-hydrogen) atoms. The number of hydrogen-bond donors (Lipinski definition) is 1. The van der Waals surface area contributed by atoms with Gasteiger partial charge < -0.3 is 10.2 Å². The van der Waals surface area contributed by atoms with E-state index in [1.54, 1.807) is 24.1 Å². The van der Waals surface area contributed by atoms with Crippen molar-refractivity contribution in [3.05, 3.63) is 93.1 Å². The van der Waals surface area contributed by atoms with Crippen LogP contribution in [0.2, 0.25) is 5.02 Å². The number of nitrogens with zero attached hydrogens (tertiary/aromatic N) is 1. The molecule has 2 aromatic carbocycles. The Bertz CT molecular complexity index is 929. The smallest absolute Gasteiger partial charge is 0.262 e. The lowest BCUT2D eigenvalue weighted by Crippen LogP contribution is -2.48. The Morgan fingerprint density at radius 3 is 2.46 bits per heavy atom. The lowest BCUT2D eigenvalue weighted by molar-refractivity contribution is -0.132. The molecular formula is C22H21ClN2O2S. The predicted octanol–water partition coefficient (Wildman–Crippen LogP) is 4.40. The lowest BCUT2D eigenvalue weighted by Gasteiger charge is -2.25. The Morgan fingerprint density at radius 2 is 1.79 bits per heavy atom. The number of nitrogens with one attached hydrogen (secondary N) is 1. The molecule has 0 aliphatic rings. The van der Waals surface area contributed by atoms with Crippen LogP contribution in [0.5, 0.6) is 0 Å². The maximum absolute atomic E-state index is 13.1. The highest BCUT2D eigenvalue weighted by molar-refractivity contribution is 7.12. The van der Waals surface area contributed by atoms with Gasteiger partial charge >= 0.3 is 0 Å². The Morgan fingerprint density at radius 1 is 1.04 bits per heavy atom. The molecule has 2 amide bonds. The molecule has 3 rings (SSSR count). The molecule has 6 heteroatoms. The average molecular weight is 413 g/mol. The van der Waals surface area contributed by atoms with Crippen molar-refractivity contribution in [1.82, 2.24) is 10.2 Å². The van der Waals surface area contributed by atoms with Gasteiger partial charge in [-0.3, -0.25) is 9.59 Å². The van der Waals surface area contributed by atoms with E-state index in [1.807, 2.05) is 60.0 Å². The summed E-state index contributed by atoms with van der Waals surface area (Å²) in [6.07, 6.45) is 0.427. The molecule has 144 valence electrons. The summed E-state index contributed by atoms with van der Waals surface area (Å²) in [5.74, 6) is -0.380. The second kappa shape index (κ2) is 9.53. The van der Waals surface area contributed by atoms with Crippen molar-refractivity contribution in [2.75, 3.05) is 7.05 Å². The van der Waals surface area contributed by atoms with Gasteiger partial charge in [-0.15, -0.1) is 11.3 Å². The van der Waals surface area contributed by atoms with Crippen molar-refractivity contribution in [3.8, 4) is 0 Å². The van der Waals surface area contributed by atoms with Crippen LogP contribution in [0.25, 0.3) is 0 Å². The number of likely N-dealkylation sites (N-methyl/N-ethyl adjacent to an activating group) is 1. The van der Waals surface area contributed by atoms with Crippen LogP contribution < -0.4 is 5.32 Å². The van der Waals surface area contributed by atoms with E-state index in [-0.39, 0.29) is 11.8 Å². The molecule has 0 fully saturated rings. The average Bonchev–Trinajstić information content (AvgIpc) is 3.22. The van der Waals surface area contributed by atoms with Gasteiger partial charge in [0.05, 0.1) is 4.88 Å². The van der Waals surface area contributed by atoms with Crippen molar-refractivity contribution in [2.24, 2.45) is 0 Å². The van der Waals surface area contributed by atoms with E-state index in [9.17, 15) is 9.59 Å². The maximum atomic E-state index is 13.1. The number of carbonyl (C=O) groups is 2. The van der Waals surface area contributed by atoms with Gasteiger partial charge in [0, 0.05) is 25.0 Å². The van der Waals surface area contributed by atoms with Gasteiger partial charge in [0.15, 0.2) is 0 Å². The second-order valence-corrected chi connectivity index (χ2v) is 7.90. The minimum Gasteiger partial charge on any atom is -0.340 e. The largest absolute Gasteiger partial charge is 0.340 e. The first kappa shape index (κ1) is 20.1. The summed E-state index contributed by atoms with van der Waals surface area (Å²) in [6.45, 7) is 0.416. The molecular weight excluding hydrogens is 392 g/mol. The van der Waals surface area contributed by atoms with Crippen LogP contribution in [0.1, 0.15) is 20.8 Å². The number of hydrogen-bond acceptors (Lipinski definition) is 3. The van der Waals surface area contributed by atoms with E-state index in [4.69, 9.17) is 11.6 Å². The minimum absolute atomic E-state index is 0.145. The Labute approximate surface area is 173 Å². The van der Waals surface area contributed by atoms with Crippen molar-refractivity contribution in [3.63, 3.8) is 0 Å². The van der Waals surface area contributed by atoms with Gasteiger partial charge in [0.2, 0.25) is 5.91 Å². The van der Waals surface area contributed by atoms with Crippen LogP contribution in [0, 0.1) is 0 Å². The summed E-state index contributed by atoms with van der Waals surface area (Å²) in [5.41, 5.74) is 1.93. The third-order valence-corrected chi connectivity index (χ3v) is 5.42. The number of carbonyl (C=O) groups excluding carboxylic acids is 2. The molecule has 0 aliphatic carbocycles. The van der Waals surface area contributed by atoms with E-state index in [2.05, 4.69) is 5.32 Å². The summed E-state index contributed by atoms with van der Waals surface area (Å²) in [4.78, 5) is 27.9. The zero-order valence-corrected chi connectivity index (χ0v) is 17.0. The Hall–Kier alpha value is -2.63. The highest BCUT2D eigenvalue weighted by atomic mass is 35.5. The molecule has 0 unspecified atom stereocenters. The van der Waals surface area contributed by atoms with Crippen molar-refractivity contribution < 1.29 is 9.59 Å². The van der Waals surface area contributed by atoms with Crippen LogP contribution in [-0.2, 0) is 17.8 Å². The summed E-state index contributed by atoms with van der Waals surface area (Å²) in [7, 11) is 1.73. The molecule has 0 saturated carbocycles. The number of halogens is 1. The third kappa shape index (κ3) is 5.44. The fourth-order valence-electron chi connectivity index (χ4n) is 2.94. The number of rotatable bonds is 7. The number of benzene rings is 2. The summed E-state index contributed by atoms with van der Waals surface area (Å²) < 4.78 is 0. The van der Waals surface area contributed by atoms with Crippen LogP contribution in [-0.4, -0.2) is 29.8 Å². The molecule has 4 nitrogen and oxygen atoms in total. The molecule has 0 radical (unpaired) electrons. The van der Waals surface area contributed by atoms with Crippen molar-refractivity contribution in [1.29, 1.82) is 0 Å². The van der Waals surface area contributed by atoms with Gasteiger partial charge in [-0.05, 0) is 34.7 Å². The fourth-order valence-corrected chi connectivity index (χ4v) is 3.78. The third-order valence-electron chi connectivity index (χ3n) is 4.32. The molecule has 1 aromatic heterocycles. The molecule has 1 N–H and O–H groups in total.